The Morgan fingerprint density at radius 2 is 1.76 bits per heavy atom. The monoisotopic (exact) mass is 389 g/mol. The quantitative estimate of drug-likeness (QED) is 0.641. The molecular formula is C23H23N3O3. The van der Waals surface area contributed by atoms with Crippen molar-refractivity contribution in [2.75, 3.05) is 11.9 Å². The molecule has 6 nitrogen and oxygen atoms in total. The first-order valence-corrected chi connectivity index (χ1v) is 9.40. The molecule has 0 unspecified atom stereocenters. The van der Waals surface area contributed by atoms with Crippen LogP contribution in [0.2, 0.25) is 0 Å². The Kier molecular flexibility index (Phi) is 6.58. The van der Waals surface area contributed by atoms with Crippen molar-refractivity contribution in [2.24, 2.45) is 0 Å². The highest BCUT2D eigenvalue weighted by Crippen LogP contribution is 2.16. The first kappa shape index (κ1) is 20.1. The van der Waals surface area contributed by atoms with E-state index in [-0.39, 0.29) is 17.5 Å². The van der Waals surface area contributed by atoms with Crippen LogP contribution in [0.4, 0.5) is 5.69 Å². The van der Waals surface area contributed by atoms with Crippen LogP contribution >= 0.6 is 0 Å². The molecule has 29 heavy (non-hydrogen) atoms. The van der Waals surface area contributed by atoms with Crippen molar-refractivity contribution in [1.82, 2.24) is 10.3 Å². The molecule has 0 fully saturated rings. The standard InChI is InChI=1S/C23H23N3O3/c1-3-29-20-10-8-19(9-11-20)26-22(27)17-12-13-24-21(14-17)23(28)25-15-18-7-5-4-6-16(18)2/h4-14H,3,15H2,1-2H3,(H,25,28)(H,26,27). The fraction of sp³-hybridized carbons (Fsp3) is 0.174. The Balaban J connectivity index is 1.64. The van der Waals surface area contributed by atoms with Crippen LogP contribution in [0.1, 0.15) is 38.9 Å². The molecule has 6 heteroatoms. The summed E-state index contributed by atoms with van der Waals surface area (Å²) in [5, 5.41) is 5.65. The molecule has 3 aromatic rings. The van der Waals surface area contributed by atoms with E-state index in [1.165, 1.54) is 12.3 Å². The Morgan fingerprint density at radius 3 is 2.48 bits per heavy atom. The lowest BCUT2D eigenvalue weighted by molar-refractivity contribution is 0.0946. The van der Waals surface area contributed by atoms with Gasteiger partial charge in [-0.3, -0.25) is 14.6 Å². The van der Waals surface area contributed by atoms with E-state index < -0.39 is 0 Å². The number of hydrogen-bond acceptors (Lipinski definition) is 4. The number of nitrogens with zero attached hydrogens (tertiary/aromatic N) is 1. The summed E-state index contributed by atoms with van der Waals surface area (Å²) >= 11 is 0. The average molecular weight is 389 g/mol. The number of carbonyl (C=O) groups excluding carboxylic acids is 2. The van der Waals surface area contributed by atoms with Gasteiger partial charge >= 0.3 is 0 Å². The third-order valence-corrected chi connectivity index (χ3v) is 4.38. The van der Waals surface area contributed by atoms with Gasteiger partial charge in [0.15, 0.2) is 0 Å². The summed E-state index contributed by atoms with van der Waals surface area (Å²) in [6.07, 6.45) is 1.45. The minimum absolute atomic E-state index is 0.193. The number of rotatable bonds is 7. The maximum atomic E-state index is 12.5. The van der Waals surface area contributed by atoms with Gasteiger partial charge in [0.25, 0.3) is 11.8 Å². The van der Waals surface area contributed by atoms with Crippen molar-refractivity contribution in [3.8, 4) is 5.75 Å². The number of aromatic nitrogens is 1. The van der Waals surface area contributed by atoms with Gasteiger partial charge in [-0.25, -0.2) is 0 Å². The lowest BCUT2D eigenvalue weighted by atomic mass is 10.1. The number of pyridine rings is 1. The number of nitrogens with one attached hydrogen (secondary N) is 2. The van der Waals surface area contributed by atoms with Crippen LogP contribution in [0.5, 0.6) is 5.75 Å². The Labute approximate surface area is 169 Å². The van der Waals surface area contributed by atoms with Crippen molar-refractivity contribution >= 4 is 17.5 Å². The number of aryl methyl sites for hydroxylation is 1. The summed E-state index contributed by atoms with van der Waals surface area (Å²) in [5.74, 6) is 0.0931. The highest BCUT2D eigenvalue weighted by Gasteiger charge is 2.12. The van der Waals surface area contributed by atoms with E-state index in [4.69, 9.17) is 4.74 Å². The Bertz CT molecular complexity index is 1000. The molecule has 0 atom stereocenters. The predicted octanol–water partition coefficient (Wildman–Crippen LogP) is 3.97. The van der Waals surface area contributed by atoms with E-state index in [1.807, 2.05) is 38.1 Å². The molecule has 0 radical (unpaired) electrons. The first-order valence-electron chi connectivity index (χ1n) is 9.40. The molecule has 2 N–H and O–H groups in total. The van der Waals surface area contributed by atoms with Crippen LogP contribution in [0.15, 0.2) is 66.9 Å². The molecule has 0 spiro atoms. The third-order valence-electron chi connectivity index (χ3n) is 4.38. The van der Waals surface area contributed by atoms with Crippen LogP contribution in [0.3, 0.4) is 0 Å². The van der Waals surface area contributed by atoms with Gasteiger partial charge in [-0.15, -0.1) is 0 Å². The molecule has 1 aromatic heterocycles. The van der Waals surface area contributed by atoms with Crippen LogP contribution in [-0.2, 0) is 6.54 Å². The topological polar surface area (TPSA) is 80.3 Å². The maximum Gasteiger partial charge on any atom is 0.270 e. The molecule has 0 saturated heterocycles. The molecule has 0 aliphatic rings. The summed E-state index contributed by atoms with van der Waals surface area (Å²) < 4.78 is 5.39. The molecular weight excluding hydrogens is 366 g/mol. The number of benzene rings is 2. The lowest BCUT2D eigenvalue weighted by Gasteiger charge is -2.09. The second kappa shape index (κ2) is 9.50. The lowest BCUT2D eigenvalue weighted by Crippen LogP contribution is -2.24. The summed E-state index contributed by atoms with van der Waals surface area (Å²) in [6, 6.07) is 18.0. The molecule has 2 aromatic carbocycles. The Hall–Kier alpha value is -3.67. The van der Waals surface area contributed by atoms with Crippen LogP contribution in [0, 0.1) is 6.92 Å². The van der Waals surface area contributed by atoms with Gasteiger partial charge in [0.05, 0.1) is 6.61 Å². The highest BCUT2D eigenvalue weighted by molar-refractivity contribution is 6.05. The fourth-order valence-corrected chi connectivity index (χ4v) is 2.77. The summed E-state index contributed by atoms with van der Waals surface area (Å²) in [4.78, 5) is 29.1. The van der Waals surface area contributed by atoms with Gasteiger partial charge in [0.1, 0.15) is 11.4 Å². The summed E-state index contributed by atoms with van der Waals surface area (Å²) in [5.41, 5.74) is 3.32. The zero-order chi connectivity index (χ0) is 20.6. The summed E-state index contributed by atoms with van der Waals surface area (Å²) in [6.45, 7) is 4.88. The van der Waals surface area contributed by atoms with Gasteiger partial charge in [0, 0.05) is 24.0 Å². The maximum absolute atomic E-state index is 12.5. The Morgan fingerprint density at radius 1 is 1.00 bits per heavy atom. The normalized spacial score (nSPS) is 10.3. The molecule has 148 valence electrons. The smallest absolute Gasteiger partial charge is 0.270 e. The molecule has 1 heterocycles. The number of amides is 2. The zero-order valence-electron chi connectivity index (χ0n) is 16.4. The van der Waals surface area contributed by atoms with Crippen LogP contribution < -0.4 is 15.4 Å². The molecule has 0 aliphatic heterocycles. The minimum atomic E-state index is -0.330. The zero-order valence-corrected chi connectivity index (χ0v) is 16.4. The number of carbonyl (C=O) groups is 2. The van der Waals surface area contributed by atoms with Gasteiger partial charge < -0.3 is 15.4 Å². The van der Waals surface area contributed by atoms with Crippen LogP contribution in [-0.4, -0.2) is 23.4 Å². The largest absolute Gasteiger partial charge is 0.494 e. The average Bonchev–Trinajstić information content (AvgIpc) is 2.74. The van der Waals surface area contributed by atoms with Gasteiger partial charge in [-0.1, -0.05) is 24.3 Å². The van der Waals surface area contributed by atoms with Crippen molar-refractivity contribution in [1.29, 1.82) is 0 Å². The number of anilines is 1. The van der Waals surface area contributed by atoms with Crippen molar-refractivity contribution in [2.45, 2.75) is 20.4 Å². The van der Waals surface area contributed by atoms with Crippen molar-refractivity contribution in [3.05, 3.63) is 89.2 Å². The van der Waals surface area contributed by atoms with E-state index in [0.717, 1.165) is 16.9 Å². The van der Waals surface area contributed by atoms with E-state index in [1.54, 1.807) is 30.3 Å². The van der Waals surface area contributed by atoms with E-state index in [9.17, 15) is 9.59 Å². The highest BCUT2D eigenvalue weighted by atomic mass is 16.5. The fourth-order valence-electron chi connectivity index (χ4n) is 2.77. The molecule has 0 bridgehead atoms. The van der Waals surface area contributed by atoms with Gasteiger partial charge in [0.2, 0.25) is 0 Å². The SMILES string of the molecule is CCOc1ccc(NC(=O)c2ccnc(C(=O)NCc3ccccc3C)c2)cc1. The predicted molar refractivity (Wildman–Crippen MR) is 112 cm³/mol. The molecule has 3 rings (SSSR count). The molecule has 0 aliphatic carbocycles. The van der Waals surface area contributed by atoms with E-state index in [2.05, 4.69) is 15.6 Å². The molecule has 2 amide bonds. The third kappa shape index (κ3) is 5.42. The van der Waals surface area contributed by atoms with E-state index >= 15 is 0 Å². The van der Waals surface area contributed by atoms with Crippen LogP contribution in [0.25, 0.3) is 0 Å². The first-order chi connectivity index (χ1) is 14.1. The number of ether oxygens (including phenoxy) is 1. The second-order valence-electron chi connectivity index (χ2n) is 6.45. The minimum Gasteiger partial charge on any atom is -0.494 e. The van der Waals surface area contributed by atoms with Gasteiger partial charge in [-0.2, -0.15) is 0 Å². The van der Waals surface area contributed by atoms with Crippen molar-refractivity contribution in [3.63, 3.8) is 0 Å². The van der Waals surface area contributed by atoms with Crippen molar-refractivity contribution < 1.29 is 14.3 Å². The molecule has 0 saturated carbocycles. The summed E-state index contributed by atoms with van der Waals surface area (Å²) in [7, 11) is 0. The van der Waals surface area contributed by atoms with Gasteiger partial charge in [-0.05, 0) is 61.4 Å². The second-order valence-corrected chi connectivity index (χ2v) is 6.45. The van der Waals surface area contributed by atoms with E-state index in [0.29, 0.717) is 24.4 Å². The number of hydrogen-bond donors (Lipinski definition) is 2.